The molecule has 3 heterocycles. The summed E-state index contributed by atoms with van der Waals surface area (Å²) in [4.78, 5) is 14.7. The van der Waals surface area contributed by atoms with Crippen LogP contribution in [0.3, 0.4) is 0 Å². The summed E-state index contributed by atoms with van der Waals surface area (Å²) in [5, 5.41) is 7.35. The van der Waals surface area contributed by atoms with Crippen LogP contribution in [0.4, 0.5) is 11.8 Å². The predicted octanol–water partition coefficient (Wildman–Crippen LogP) is 2.65. The smallest absolute Gasteiger partial charge is 0.223 e. The molecule has 3 N–H and O–H groups in total. The standard InChI is InChI=1S/C11H11N5S2/c1-6-13-4-7(18-6)5-14-9-8-2-3-17-10(8)16-11(12)15-9/h2-4H,5H2,1H3,(H3,12,14,15,16). The van der Waals surface area contributed by atoms with E-state index in [2.05, 4.69) is 20.3 Å². The summed E-state index contributed by atoms with van der Waals surface area (Å²) in [5.74, 6) is 1.08. The van der Waals surface area contributed by atoms with Gasteiger partial charge in [0.15, 0.2) is 0 Å². The van der Waals surface area contributed by atoms with Gasteiger partial charge in [-0.3, -0.25) is 0 Å². The Balaban J connectivity index is 1.87. The van der Waals surface area contributed by atoms with E-state index in [9.17, 15) is 0 Å². The number of hydrogen-bond acceptors (Lipinski definition) is 7. The molecule has 0 saturated heterocycles. The zero-order chi connectivity index (χ0) is 12.5. The van der Waals surface area contributed by atoms with E-state index in [1.54, 1.807) is 22.7 Å². The molecule has 0 aliphatic heterocycles. The Labute approximate surface area is 112 Å². The summed E-state index contributed by atoms with van der Waals surface area (Å²) >= 11 is 3.23. The Morgan fingerprint density at radius 3 is 3.06 bits per heavy atom. The molecule has 0 fully saturated rings. The SMILES string of the molecule is Cc1ncc(CNc2nc(N)nc3sccc23)s1. The number of nitrogen functional groups attached to an aromatic ring is 1. The van der Waals surface area contributed by atoms with Gasteiger partial charge in [-0.05, 0) is 18.4 Å². The normalized spacial score (nSPS) is 10.9. The second-order valence-corrected chi connectivity index (χ2v) is 5.98. The fraction of sp³-hybridized carbons (Fsp3) is 0.182. The number of hydrogen-bond donors (Lipinski definition) is 2. The van der Waals surface area contributed by atoms with Crippen LogP contribution < -0.4 is 11.1 Å². The van der Waals surface area contributed by atoms with Crippen LogP contribution >= 0.6 is 22.7 Å². The van der Waals surface area contributed by atoms with Crippen molar-refractivity contribution in [2.45, 2.75) is 13.5 Å². The third-order valence-corrected chi connectivity index (χ3v) is 4.16. The molecule has 0 atom stereocenters. The van der Waals surface area contributed by atoms with Crippen molar-refractivity contribution in [3.63, 3.8) is 0 Å². The molecule has 0 amide bonds. The van der Waals surface area contributed by atoms with Gasteiger partial charge in [-0.1, -0.05) is 0 Å². The minimum Gasteiger partial charge on any atom is -0.368 e. The van der Waals surface area contributed by atoms with Gasteiger partial charge < -0.3 is 11.1 Å². The van der Waals surface area contributed by atoms with Gasteiger partial charge in [-0.2, -0.15) is 4.98 Å². The average Bonchev–Trinajstić information content (AvgIpc) is 2.94. The van der Waals surface area contributed by atoms with Crippen molar-refractivity contribution in [1.82, 2.24) is 15.0 Å². The lowest BCUT2D eigenvalue weighted by molar-refractivity contribution is 1.13. The zero-order valence-electron chi connectivity index (χ0n) is 9.67. The number of aryl methyl sites for hydroxylation is 1. The predicted molar refractivity (Wildman–Crippen MR) is 76.0 cm³/mol. The highest BCUT2D eigenvalue weighted by Crippen LogP contribution is 2.26. The Morgan fingerprint density at radius 1 is 1.39 bits per heavy atom. The van der Waals surface area contributed by atoms with Crippen molar-refractivity contribution in [3.05, 3.63) is 27.5 Å². The minimum atomic E-state index is 0.299. The van der Waals surface area contributed by atoms with Gasteiger partial charge in [0.1, 0.15) is 10.6 Å². The second kappa shape index (κ2) is 4.51. The molecular weight excluding hydrogens is 266 g/mol. The number of thiophene rings is 1. The topological polar surface area (TPSA) is 76.7 Å². The molecule has 0 aliphatic carbocycles. The lowest BCUT2D eigenvalue weighted by Crippen LogP contribution is -2.03. The average molecular weight is 277 g/mol. The number of rotatable bonds is 3. The monoisotopic (exact) mass is 277 g/mol. The molecule has 0 bridgehead atoms. The van der Waals surface area contributed by atoms with Crippen LogP contribution in [0.15, 0.2) is 17.6 Å². The maximum atomic E-state index is 5.69. The van der Waals surface area contributed by atoms with Crippen molar-refractivity contribution in [3.8, 4) is 0 Å². The van der Waals surface area contributed by atoms with Gasteiger partial charge in [0.05, 0.1) is 16.9 Å². The fourth-order valence-electron chi connectivity index (χ4n) is 1.66. The number of anilines is 2. The van der Waals surface area contributed by atoms with Crippen LogP contribution in [-0.4, -0.2) is 15.0 Å². The minimum absolute atomic E-state index is 0.299. The van der Waals surface area contributed by atoms with Gasteiger partial charge in [0.25, 0.3) is 0 Å². The van der Waals surface area contributed by atoms with Crippen LogP contribution in [0, 0.1) is 6.92 Å². The Morgan fingerprint density at radius 2 is 2.28 bits per heavy atom. The van der Waals surface area contributed by atoms with E-state index in [0.29, 0.717) is 12.5 Å². The van der Waals surface area contributed by atoms with Crippen molar-refractivity contribution < 1.29 is 0 Å². The van der Waals surface area contributed by atoms with Crippen LogP contribution in [0.5, 0.6) is 0 Å². The van der Waals surface area contributed by atoms with Crippen LogP contribution in [0.25, 0.3) is 10.2 Å². The Kier molecular flexibility index (Phi) is 2.85. The number of thiazole rings is 1. The highest BCUT2D eigenvalue weighted by molar-refractivity contribution is 7.16. The Bertz CT molecular complexity index is 688. The largest absolute Gasteiger partial charge is 0.368 e. The molecule has 5 nitrogen and oxygen atoms in total. The summed E-state index contributed by atoms with van der Waals surface area (Å²) in [6.45, 7) is 2.70. The maximum absolute atomic E-state index is 5.69. The molecule has 0 saturated carbocycles. The lowest BCUT2D eigenvalue weighted by atomic mass is 10.3. The first-order valence-electron chi connectivity index (χ1n) is 5.38. The first-order valence-corrected chi connectivity index (χ1v) is 7.08. The third kappa shape index (κ3) is 2.14. The molecule has 0 aromatic carbocycles. The van der Waals surface area contributed by atoms with E-state index in [-0.39, 0.29) is 0 Å². The van der Waals surface area contributed by atoms with Gasteiger partial charge in [-0.15, -0.1) is 22.7 Å². The van der Waals surface area contributed by atoms with Crippen LogP contribution in [-0.2, 0) is 6.54 Å². The highest BCUT2D eigenvalue weighted by Gasteiger charge is 2.07. The molecule has 18 heavy (non-hydrogen) atoms. The molecule has 92 valence electrons. The highest BCUT2D eigenvalue weighted by atomic mass is 32.1. The molecular formula is C11H11N5S2. The fourth-order valence-corrected chi connectivity index (χ4v) is 3.17. The van der Waals surface area contributed by atoms with Gasteiger partial charge in [0, 0.05) is 11.1 Å². The van der Waals surface area contributed by atoms with Crippen LogP contribution in [0.2, 0.25) is 0 Å². The number of nitrogens with two attached hydrogens (primary N) is 1. The lowest BCUT2D eigenvalue weighted by Gasteiger charge is -2.05. The molecule has 0 aliphatic rings. The summed E-state index contributed by atoms with van der Waals surface area (Å²) in [6.07, 6.45) is 1.88. The zero-order valence-corrected chi connectivity index (χ0v) is 11.3. The van der Waals surface area contributed by atoms with Crippen molar-refractivity contribution in [1.29, 1.82) is 0 Å². The molecule has 0 radical (unpaired) electrons. The number of nitrogens with one attached hydrogen (secondary N) is 1. The number of aromatic nitrogens is 3. The van der Waals surface area contributed by atoms with E-state index >= 15 is 0 Å². The number of fused-ring (bicyclic) bond motifs is 1. The molecule has 7 heteroatoms. The molecule has 0 spiro atoms. The van der Waals surface area contributed by atoms with E-state index in [0.717, 1.165) is 21.0 Å². The molecule has 3 rings (SSSR count). The molecule has 0 unspecified atom stereocenters. The molecule has 3 aromatic rings. The van der Waals surface area contributed by atoms with E-state index < -0.39 is 0 Å². The summed E-state index contributed by atoms with van der Waals surface area (Å²) in [5.41, 5.74) is 5.69. The quantitative estimate of drug-likeness (QED) is 0.769. The van der Waals surface area contributed by atoms with Gasteiger partial charge in [-0.25, -0.2) is 9.97 Å². The van der Waals surface area contributed by atoms with E-state index in [1.807, 2.05) is 24.6 Å². The summed E-state index contributed by atoms with van der Waals surface area (Å²) in [7, 11) is 0. The van der Waals surface area contributed by atoms with Crippen molar-refractivity contribution >= 4 is 44.7 Å². The van der Waals surface area contributed by atoms with Crippen molar-refractivity contribution in [2.75, 3.05) is 11.1 Å². The van der Waals surface area contributed by atoms with Crippen molar-refractivity contribution in [2.24, 2.45) is 0 Å². The Hall–Kier alpha value is -1.73. The summed E-state index contributed by atoms with van der Waals surface area (Å²) < 4.78 is 0. The van der Waals surface area contributed by atoms with Crippen LogP contribution in [0.1, 0.15) is 9.88 Å². The third-order valence-electron chi connectivity index (χ3n) is 2.44. The summed E-state index contributed by atoms with van der Waals surface area (Å²) in [6, 6.07) is 2.00. The second-order valence-electron chi connectivity index (χ2n) is 3.77. The van der Waals surface area contributed by atoms with E-state index in [4.69, 9.17) is 5.73 Å². The number of nitrogens with zero attached hydrogens (tertiary/aromatic N) is 3. The maximum Gasteiger partial charge on any atom is 0.223 e. The van der Waals surface area contributed by atoms with Gasteiger partial charge in [0.2, 0.25) is 5.95 Å². The molecule has 3 aromatic heterocycles. The first-order chi connectivity index (χ1) is 8.72. The first kappa shape index (κ1) is 11.4. The van der Waals surface area contributed by atoms with Gasteiger partial charge >= 0.3 is 0 Å². The van der Waals surface area contributed by atoms with E-state index in [1.165, 1.54) is 4.88 Å².